The lowest BCUT2D eigenvalue weighted by molar-refractivity contribution is -0.141. The highest BCUT2D eigenvalue weighted by Crippen LogP contribution is 2.26. The molecule has 0 saturated carbocycles. The molecular formula is C13H10F3N5O2. The van der Waals surface area contributed by atoms with Crippen molar-refractivity contribution in [2.24, 2.45) is 5.92 Å². The van der Waals surface area contributed by atoms with Crippen molar-refractivity contribution in [3.8, 4) is 6.07 Å². The normalized spacial score (nSPS) is 12.4. The third-order valence-electron chi connectivity index (χ3n) is 2.85. The molecule has 0 bridgehead atoms. The zero-order valence-corrected chi connectivity index (χ0v) is 11.5. The number of amides is 1. The van der Waals surface area contributed by atoms with E-state index in [0.29, 0.717) is 10.7 Å². The molecule has 2 aromatic rings. The monoisotopic (exact) mass is 325 g/mol. The van der Waals surface area contributed by atoms with Crippen LogP contribution in [0.15, 0.2) is 35.3 Å². The highest BCUT2D eigenvalue weighted by atomic mass is 19.4. The number of hydrogen-bond donors (Lipinski definition) is 2. The molecule has 2 heterocycles. The van der Waals surface area contributed by atoms with Crippen molar-refractivity contribution in [2.45, 2.75) is 12.7 Å². The van der Waals surface area contributed by atoms with Gasteiger partial charge in [0.2, 0.25) is 5.91 Å². The van der Waals surface area contributed by atoms with Crippen LogP contribution in [0.3, 0.4) is 0 Å². The topological polar surface area (TPSA) is 104 Å². The van der Waals surface area contributed by atoms with Gasteiger partial charge in [0.15, 0.2) is 0 Å². The minimum absolute atomic E-state index is 0.188. The SMILES string of the molecule is N#CC(Cn1[nH]c(C(F)(F)F)cc1=O)C(=O)Nc1ccccn1. The van der Waals surface area contributed by atoms with Crippen LogP contribution >= 0.6 is 0 Å². The molecule has 1 atom stereocenters. The molecule has 0 fully saturated rings. The number of nitrogens with one attached hydrogen (secondary N) is 2. The summed E-state index contributed by atoms with van der Waals surface area (Å²) in [6, 6.07) is 6.72. The fourth-order valence-electron chi connectivity index (χ4n) is 1.73. The first-order valence-corrected chi connectivity index (χ1v) is 6.30. The van der Waals surface area contributed by atoms with E-state index < -0.39 is 35.8 Å². The number of carbonyl (C=O) groups is 1. The number of halogens is 3. The summed E-state index contributed by atoms with van der Waals surface area (Å²) in [5, 5.41) is 13.2. The quantitative estimate of drug-likeness (QED) is 0.886. The fourth-order valence-corrected chi connectivity index (χ4v) is 1.73. The fraction of sp³-hybridized carbons (Fsp3) is 0.231. The molecule has 0 spiro atoms. The molecule has 0 aromatic carbocycles. The Morgan fingerprint density at radius 3 is 2.74 bits per heavy atom. The summed E-state index contributed by atoms with van der Waals surface area (Å²) in [6.07, 6.45) is -3.30. The van der Waals surface area contributed by atoms with E-state index in [4.69, 9.17) is 5.26 Å². The maximum atomic E-state index is 12.5. The lowest BCUT2D eigenvalue weighted by Gasteiger charge is -2.10. The zero-order chi connectivity index (χ0) is 17.0. The first-order valence-electron chi connectivity index (χ1n) is 6.30. The second-order valence-electron chi connectivity index (χ2n) is 4.50. The number of nitriles is 1. The number of pyridine rings is 1. The Balaban J connectivity index is 2.14. The van der Waals surface area contributed by atoms with Gasteiger partial charge in [-0.25, -0.2) is 4.98 Å². The van der Waals surface area contributed by atoms with Gasteiger partial charge >= 0.3 is 6.18 Å². The van der Waals surface area contributed by atoms with Gasteiger partial charge in [-0.1, -0.05) is 6.07 Å². The van der Waals surface area contributed by atoms with Gasteiger partial charge < -0.3 is 5.32 Å². The van der Waals surface area contributed by atoms with Crippen molar-refractivity contribution in [1.82, 2.24) is 14.8 Å². The van der Waals surface area contributed by atoms with E-state index in [1.165, 1.54) is 12.3 Å². The Bertz CT molecular complexity index is 788. The predicted octanol–water partition coefficient (Wildman–Crippen LogP) is 1.37. The Morgan fingerprint density at radius 2 is 2.22 bits per heavy atom. The van der Waals surface area contributed by atoms with Gasteiger partial charge in [-0.2, -0.15) is 18.4 Å². The molecule has 0 aliphatic carbocycles. The van der Waals surface area contributed by atoms with E-state index in [1.54, 1.807) is 18.2 Å². The number of aromatic nitrogens is 3. The van der Waals surface area contributed by atoms with E-state index in [-0.39, 0.29) is 5.82 Å². The molecule has 23 heavy (non-hydrogen) atoms. The summed E-state index contributed by atoms with van der Waals surface area (Å²) in [5.41, 5.74) is -2.23. The van der Waals surface area contributed by atoms with Crippen molar-refractivity contribution < 1.29 is 18.0 Å². The van der Waals surface area contributed by atoms with E-state index in [1.807, 2.05) is 5.10 Å². The highest BCUT2D eigenvalue weighted by Gasteiger charge is 2.34. The zero-order valence-electron chi connectivity index (χ0n) is 11.5. The molecule has 0 radical (unpaired) electrons. The smallest absolute Gasteiger partial charge is 0.309 e. The first kappa shape index (κ1) is 16.3. The highest BCUT2D eigenvalue weighted by molar-refractivity contribution is 5.93. The van der Waals surface area contributed by atoms with Crippen LogP contribution in [0.5, 0.6) is 0 Å². The number of nitrogens with zero attached hydrogens (tertiary/aromatic N) is 3. The molecule has 0 aliphatic rings. The molecular weight excluding hydrogens is 315 g/mol. The molecule has 7 nitrogen and oxygen atoms in total. The maximum Gasteiger partial charge on any atom is 0.432 e. The number of rotatable bonds is 4. The summed E-state index contributed by atoms with van der Waals surface area (Å²) in [6.45, 7) is -0.538. The number of alkyl halides is 3. The van der Waals surface area contributed by atoms with Crippen molar-refractivity contribution in [1.29, 1.82) is 5.26 Å². The lowest BCUT2D eigenvalue weighted by Crippen LogP contribution is -2.29. The van der Waals surface area contributed by atoms with Gasteiger partial charge in [0, 0.05) is 12.3 Å². The Morgan fingerprint density at radius 1 is 1.48 bits per heavy atom. The van der Waals surface area contributed by atoms with Crippen LogP contribution in [0.2, 0.25) is 0 Å². The van der Waals surface area contributed by atoms with Gasteiger partial charge in [0.1, 0.15) is 17.4 Å². The van der Waals surface area contributed by atoms with Gasteiger partial charge in [0.05, 0.1) is 12.6 Å². The molecule has 1 unspecified atom stereocenters. The molecule has 2 N–H and O–H groups in total. The average molecular weight is 325 g/mol. The third-order valence-corrected chi connectivity index (χ3v) is 2.85. The Kier molecular flexibility index (Phi) is 4.49. The second-order valence-corrected chi connectivity index (χ2v) is 4.50. The maximum absolute atomic E-state index is 12.5. The third kappa shape index (κ3) is 3.97. The van der Waals surface area contributed by atoms with Crippen LogP contribution in [0, 0.1) is 17.2 Å². The number of aromatic amines is 1. The minimum atomic E-state index is -4.72. The van der Waals surface area contributed by atoms with Crippen LogP contribution in [-0.4, -0.2) is 20.7 Å². The number of hydrogen-bond acceptors (Lipinski definition) is 4. The summed E-state index contributed by atoms with van der Waals surface area (Å²) >= 11 is 0. The molecule has 2 rings (SSSR count). The van der Waals surface area contributed by atoms with Crippen LogP contribution in [0.1, 0.15) is 5.69 Å². The molecule has 120 valence electrons. The Labute approximate surface area is 127 Å². The Hall–Kier alpha value is -3.09. The first-order chi connectivity index (χ1) is 10.8. The summed E-state index contributed by atoms with van der Waals surface area (Å²) in [5.74, 6) is -1.96. The van der Waals surface area contributed by atoms with Crippen LogP contribution in [0.25, 0.3) is 0 Å². The minimum Gasteiger partial charge on any atom is -0.309 e. The van der Waals surface area contributed by atoms with Gasteiger partial charge in [-0.3, -0.25) is 19.4 Å². The van der Waals surface area contributed by atoms with Crippen molar-refractivity contribution in [3.05, 3.63) is 46.5 Å². The van der Waals surface area contributed by atoms with Gasteiger partial charge in [0.25, 0.3) is 5.56 Å². The summed E-state index contributed by atoms with van der Waals surface area (Å²) < 4.78 is 38.1. The summed E-state index contributed by atoms with van der Waals surface area (Å²) in [4.78, 5) is 27.3. The molecule has 0 saturated heterocycles. The van der Waals surface area contributed by atoms with E-state index >= 15 is 0 Å². The number of carbonyl (C=O) groups excluding carboxylic acids is 1. The summed E-state index contributed by atoms with van der Waals surface area (Å²) in [7, 11) is 0. The predicted molar refractivity (Wildman–Crippen MR) is 72.0 cm³/mol. The second kappa shape index (κ2) is 6.35. The molecule has 1 amide bonds. The van der Waals surface area contributed by atoms with E-state index in [2.05, 4.69) is 10.3 Å². The van der Waals surface area contributed by atoms with Gasteiger partial charge in [-0.05, 0) is 12.1 Å². The van der Waals surface area contributed by atoms with Crippen LogP contribution < -0.4 is 10.9 Å². The lowest BCUT2D eigenvalue weighted by atomic mass is 10.1. The standard InChI is InChI=1S/C13H10F3N5O2/c14-13(15,16)9-5-11(22)21(20-9)7-8(6-17)12(23)19-10-3-1-2-4-18-10/h1-5,8,20H,7H2,(H,18,19,23). The van der Waals surface area contributed by atoms with Crippen molar-refractivity contribution >= 4 is 11.7 Å². The number of H-pyrrole nitrogens is 1. The van der Waals surface area contributed by atoms with Crippen molar-refractivity contribution in [3.63, 3.8) is 0 Å². The van der Waals surface area contributed by atoms with Crippen molar-refractivity contribution in [2.75, 3.05) is 5.32 Å². The number of anilines is 1. The molecule has 10 heteroatoms. The van der Waals surface area contributed by atoms with E-state index in [0.717, 1.165) is 0 Å². The van der Waals surface area contributed by atoms with Gasteiger partial charge in [-0.15, -0.1) is 0 Å². The molecule has 0 aliphatic heterocycles. The largest absolute Gasteiger partial charge is 0.432 e. The van der Waals surface area contributed by atoms with Crippen LogP contribution in [0.4, 0.5) is 19.0 Å². The van der Waals surface area contributed by atoms with E-state index in [9.17, 15) is 22.8 Å². The average Bonchev–Trinajstić information content (AvgIpc) is 2.87. The van der Waals surface area contributed by atoms with Crippen LogP contribution in [-0.2, 0) is 17.5 Å². The molecule has 2 aromatic heterocycles.